The molecule has 2 aromatic carbocycles. The molecule has 0 spiro atoms. The van der Waals surface area contributed by atoms with E-state index in [1.807, 2.05) is 54.1 Å². The van der Waals surface area contributed by atoms with Gasteiger partial charge in [-0.2, -0.15) is 0 Å². The van der Waals surface area contributed by atoms with Gasteiger partial charge in [-0.1, -0.05) is 38.1 Å². The van der Waals surface area contributed by atoms with Gasteiger partial charge in [0.1, 0.15) is 0 Å². The summed E-state index contributed by atoms with van der Waals surface area (Å²) in [4.78, 5) is 4.32. The highest BCUT2D eigenvalue weighted by Gasteiger charge is 2.18. The van der Waals surface area contributed by atoms with Crippen molar-refractivity contribution in [3.8, 4) is 5.69 Å². The summed E-state index contributed by atoms with van der Waals surface area (Å²) in [6, 6.07) is 14.6. The molecule has 0 saturated heterocycles. The van der Waals surface area contributed by atoms with Crippen LogP contribution < -0.4 is 4.72 Å². The highest BCUT2D eigenvalue weighted by Crippen LogP contribution is 2.22. The first-order valence-electron chi connectivity index (χ1n) is 9.11. The lowest BCUT2D eigenvalue weighted by Crippen LogP contribution is -2.26. The number of aromatic nitrogens is 2. The van der Waals surface area contributed by atoms with Crippen molar-refractivity contribution < 1.29 is 8.42 Å². The molecule has 5 nitrogen and oxygen atoms in total. The van der Waals surface area contributed by atoms with Gasteiger partial charge in [0.15, 0.2) is 0 Å². The summed E-state index contributed by atoms with van der Waals surface area (Å²) < 4.78 is 30.1. The predicted octanol–water partition coefficient (Wildman–Crippen LogP) is 4.43. The second kappa shape index (κ2) is 8.06. The van der Waals surface area contributed by atoms with Crippen molar-refractivity contribution in [2.45, 2.75) is 44.0 Å². The molecular weight excluding hydrogens is 358 g/mol. The fraction of sp³-hybridized carbons (Fsp3) is 0.286. The molecule has 142 valence electrons. The number of hydrogen-bond acceptors (Lipinski definition) is 3. The Morgan fingerprint density at radius 2 is 1.63 bits per heavy atom. The van der Waals surface area contributed by atoms with E-state index >= 15 is 0 Å². The van der Waals surface area contributed by atoms with Crippen LogP contribution in [0.4, 0.5) is 0 Å². The number of imidazole rings is 1. The number of hydrogen-bond donors (Lipinski definition) is 1. The lowest BCUT2D eigenvalue weighted by Gasteiger charge is -2.16. The quantitative estimate of drug-likeness (QED) is 0.657. The molecule has 0 amide bonds. The molecule has 27 heavy (non-hydrogen) atoms. The third-order valence-corrected chi connectivity index (χ3v) is 6.46. The van der Waals surface area contributed by atoms with Gasteiger partial charge in [-0.25, -0.2) is 18.1 Å². The maximum atomic E-state index is 12.7. The summed E-state index contributed by atoms with van der Waals surface area (Å²) in [5, 5.41) is 0. The van der Waals surface area contributed by atoms with Gasteiger partial charge in [-0.3, -0.25) is 0 Å². The minimum atomic E-state index is -3.58. The molecule has 0 aliphatic rings. The maximum Gasteiger partial charge on any atom is 0.241 e. The van der Waals surface area contributed by atoms with Gasteiger partial charge >= 0.3 is 0 Å². The van der Waals surface area contributed by atoms with E-state index in [-0.39, 0.29) is 10.9 Å². The first kappa shape index (κ1) is 19.3. The van der Waals surface area contributed by atoms with E-state index in [4.69, 9.17) is 0 Å². The Bertz CT molecular complexity index is 963. The first-order chi connectivity index (χ1) is 12.9. The summed E-state index contributed by atoms with van der Waals surface area (Å²) in [5.41, 5.74) is 3.03. The highest BCUT2D eigenvalue weighted by molar-refractivity contribution is 7.89. The Balaban J connectivity index is 1.73. The van der Waals surface area contributed by atoms with E-state index in [2.05, 4.69) is 23.6 Å². The van der Waals surface area contributed by atoms with E-state index in [9.17, 15) is 8.42 Å². The van der Waals surface area contributed by atoms with Crippen LogP contribution in [0.25, 0.3) is 5.69 Å². The zero-order valence-corrected chi connectivity index (χ0v) is 16.6. The lowest BCUT2D eigenvalue weighted by molar-refractivity contribution is 0.567. The van der Waals surface area contributed by atoms with E-state index in [0.29, 0.717) is 5.92 Å². The number of benzene rings is 2. The monoisotopic (exact) mass is 383 g/mol. The van der Waals surface area contributed by atoms with Crippen LogP contribution >= 0.6 is 0 Å². The van der Waals surface area contributed by atoms with Crippen LogP contribution in [0.5, 0.6) is 0 Å². The fourth-order valence-electron chi connectivity index (χ4n) is 2.93. The summed E-state index contributed by atoms with van der Waals surface area (Å²) in [5.74, 6) is 0.419. The molecule has 0 unspecified atom stereocenters. The number of nitrogens with zero attached hydrogens (tertiary/aromatic N) is 2. The van der Waals surface area contributed by atoms with E-state index in [1.54, 1.807) is 24.7 Å². The van der Waals surface area contributed by atoms with Crippen LogP contribution in [-0.2, 0) is 10.0 Å². The molecule has 1 heterocycles. The van der Waals surface area contributed by atoms with E-state index in [0.717, 1.165) is 23.2 Å². The van der Waals surface area contributed by atoms with Crippen LogP contribution in [0.3, 0.4) is 0 Å². The Morgan fingerprint density at radius 1 is 1.00 bits per heavy atom. The molecule has 0 saturated carbocycles. The van der Waals surface area contributed by atoms with Crippen LogP contribution in [0, 0.1) is 0 Å². The summed E-state index contributed by atoms with van der Waals surface area (Å²) in [6.45, 7) is 6.10. The van der Waals surface area contributed by atoms with Crippen molar-refractivity contribution in [3.63, 3.8) is 0 Å². The Labute approximate surface area is 161 Å². The largest absolute Gasteiger partial charge is 0.306 e. The average Bonchev–Trinajstić information content (AvgIpc) is 3.22. The molecule has 0 aliphatic carbocycles. The number of nitrogens with one attached hydrogen (secondary N) is 1. The maximum absolute atomic E-state index is 12.7. The summed E-state index contributed by atoms with van der Waals surface area (Å²) in [7, 11) is -3.58. The van der Waals surface area contributed by atoms with Crippen LogP contribution in [0.1, 0.15) is 50.3 Å². The molecule has 0 bridgehead atoms. The zero-order chi connectivity index (χ0) is 19.4. The Hall–Kier alpha value is -2.44. The van der Waals surface area contributed by atoms with Crippen molar-refractivity contribution >= 4 is 10.0 Å². The molecule has 0 aliphatic heterocycles. The second-order valence-corrected chi connectivity index (χ2v) is 8.50. The molecule has 1 aromatic heterocycles. The number of sulfonamides is 1. The third-order valence-electron chi connectivity index (χ3n) is 4.90. The van der Waals surface area contributed by atoms with Gasteiger partial charge in [0, 0.05) is 24.1 Å². The zero-order valence-electron chi connectivity index (χ0n) is 15.8. The normalized spacial score (nSPS) is 14.0. The van der Waals surface area contributed by atoms with Gasteiger partial charge in [-0.15, -0.1) is 0 Å². The highest BCUT2D eigenvalue weighted by atomic mass is 32.2. The van der Waals surface area contributed by atoms with Crippen molar-refractivity contribution in [2.24, 2.45) is 0 Å². The van der Waals surface area contributed by atoms with Gasteiger partial charge < -0.3 is 4.57 Å². The minimum absolute atomic E-state index is 0.288. The van der Waals surface area contributed by atoms with Crippen LogP contribution in [-0.4, -0.2) is 18.0 Å². The molecule has 0 radical (unpaired) electrons. The molecule has 3 aromatic rings. The Kier molecular flexibility index (Phi) is 5.77. The van der Waals surface area contributed by atoms with Crippen molar-refractivity contribution in [2.75, 3.05) is 0 Å². The van der Waals surface area contributed by atoms with E-state index < -0.39 is 10.0 Å². The smallest absolute Gasteiger partial charge is 0.241 e. The summed E-state index contributed by atoms with van der Waals surface area (Å²) in [6.07, 6.45) is 6.34. The fourth-order valence-corrected chi connectivity index (χ4v) is 4.16. The topological polar surface area (TPSA) is 64.0 Å². The summed E-state index contributed by atoms with van der Waals surface area (Å²) >= 11 is 0. The minimum Gasteiger partial charge on any atom is -0.306 e. The third kappa shape index (κ3) is 4.46. The van der Waals surface area contributed by atoms with Gasteiger partial charge in [0.2, 0.25) is 10.0 Å². The molecule has 0 fully saturated rings. The van der Waals surface area contributed by atoms with E-state index in [1.165, 1.54) is 0 Å². The van der Waals surface area contributed by atoms with Gasteiger partial charge in [0.05, 0.1) is 11.2 Å². The first-order valence-corrected chi connectivity index (χ1v) is 10.6. The molecule has 1 N–H and O–H groups in total. The van der Waals surface area contributed by atoms with Crippen molar-refractivity contribution in [1.82, 2.24) is 14.3 Å². The lowest BCUT2D eigenvalue weighted by atomic mass is 9.99. The predicted molar refractivity (Wildman–Crippen MR) is 107 cm³/mol. The number of rotatable bonds is 7. The Morgan fingerprint density at radius 3 is 2.19 bits per heavy atom. The second-order valence-electron chi connectivity index (χ2n) is 6.78. The molecule has 2 atom stereocenters. The van der Waals surface area contributed by atoms with Crippen molar-refractivity contribution in [1.29, 1.82) is 0 Å². The molecular formula is C21H25N3O2S. The SMILES string of the molecule is CC[C@H](C)c1ccc(S(=O)(=O)N[C@H](C)c2ccc(-n3ccnc3)cc2)cc1. The average molecular weight is 384 g/mol. The van der Waals surface area contributed by atoms with Gasteiger partial charge in [-0.05, 0) is 54.7 Å². The van der Waals surface area contributed by atoms with Crippen LogP contribution in [0.2, 0.25) is 0 Å². The molecule has 6 heteroatoms. The van der Waals surface area contributed by atoms with Crippen molar-refractivity contribution in [3.05, 3.63) is 78.4 Å². The molecule has 3 rings (SSSR count). The standard InChI is InChI=1S/C21H25N3O2S/c1-4-16(2)18-7-11-21(12-8-18)27(25,26)23-17(3)19-5-9-20(10-6-19)24-14-13-22-15-24/h5-17,23H,4H2,1-3H3/t16-,17+/m0/s1. The van der Waals surface area contributed by atoms with Crippen LogP contribution in [0.15, 0.2) is 72.1 Å². The van der Waals surface area contributed by atoms with Gasteiger partial charge in [0.25, 0.3) is 0 Å².